The Bertz CT molecular complexity index is 1560. The molecule has 182 valence electrons. The molecule has 10 heteroatoms. The third-order valence-corrected chi connectivity index (χ3v) is 8.46. The second-order valence-electron chi connectivity index (χ2n) is 8.95. The van der Waals surface area contributed by atoms with Gasteiger partial charge in [-0.3, -0.25) is 4.79 Å². The Balaban J connectivity index is 1.26. The van der Waals surface area contributed by atoms with E-state index < -0.39 is 10.0 Å². The van der Waals surface area contributed by atoms with E-state index in [2.05, 4.69) is 27.1 Å². The van der Waals surface area contributed by atoms with Crippen molar-refractivity contribution in [3.8, 4) is 0 Å². The van der Waals surface area contributed by atoms with Crippen LogP contribution in [0.5, 0.6) is 0 Å². The molecule has 0 fully saturated rings. The Labute approximate surface area is 204 Å². The first kappa shape index (κ1) is 23.3. The molecule has 0 radical (unpaired) electrons. The summed E-state index contributed by atoms with van der Waals surface area (Å²) in [5.41, 5.74) is 4.69. The largest absolute Gasteiger partial charge is 0.346 e. The first-order chi connectivity index (χ1) is 16.8. The van der Waals surface area contributed by atoms with Crippen LogP contribution in [0.15, 0.2) is 53.7 Å². The molecule has 0 unspecified atom stereocenters. The number of amides is 1. The molecule has 0 atom stereocenters. The summed E-state index contributed by atoms with van der Waals surface area (Å²) in [6.07, 6.45) is 7.51. The summed E-state index contributed by atoms with van der Waals surface area (Å²) in [5.74, 6) is 0.844. The molecule has 1 aliphatic heterocycles. The molecule has 0 saturated heterocycles. The SMILES string of the molecule is CN(C)S(=O)(=O)c1ccc2c(c1)nc(CCC(=O)N1CC=C(c3c[nH]c4ncccc34)CC1)n2C. The number of carbonyl (C=O) groups is 1. The van der Waals surface area contributed by atoms with Crippen LogP contribution in [-0.4, -0.2) is 70.2 Å². The van der Waals surface area contributed by atoms with E-state index in [0.29, 0.717) is 31.4 Å². The first-order valence-corrected chi connectivity index (χ1v) is 13.0. The maximum absolute atomic E-state index is 12.9. The first-order valence-electron chi connectivity index (χ1n) is 11.5. The van der Waals surface area contributed by atoms with Gasteiger partial charge in [-0.1, -0.05) is 6.08 Å². The van der Waals surface area contributed by atoms with Crippen molar-refractivity contribution in [2.24, 2.45) is 7.05 Å². The number of aryl methyl sites for hydroxylation is 2. The van der Waals surface area contributed by atoms with Gasteiger partial charge in [0.25, 0.3) is 0 Å². The van der Waals surface area contributed by atoms with Crippen molar-refractivity contribution < 1.29 is 13.2 Å². The molecule has 0 aliphatic carbocycles. The summed E-state index contributed by atoms with van der Waals surface area (Å²) in [6.45, 7) is 1.25. The highest BCUT2D eigenvalue weighted by atomic mass is 32.2. The number of H-pyrrole nitrogens is 1. The minimum atomic E-state index is -3.53. The molecule has 0 bridgehead atoms. The summed E-state index contributed by atoms with van der Waals surface area (Å²) in [4.78, 5) is 27.2. The van der Waals surface area contributed by atoms with E-state index in [1.807, 2.05) is 28.8 Å². The molecule has 1 aliphatic rings. The molecule has 4 heterocycles. The van der Waals surface area contributed by atoms with E-state index in [9.17, 15) is 13.2 Å². The van der Waals surface area contributed by atoms with Crippen molar-refractivity contribution in [2.45, 2.75) is 24.2 Å². The van der Waals surface area contributed by atoms with Crippen LogP contribution in [0, 0.1) is 0 Å². The van der Waals surface area contributed by atoms with Gasteiger partial charge in [0.05, 0.1) is 15.9 Å². The number of imidazole rings is 1. The van der Waals surface area contributed by atoms with Crippen LogP contribution in [0.1, 0.15) is 24.2 Å². The quantitative estimate of drug-likeness (QED) is 0.446. The van der Waals surface area contributed by atoms with Gasteiger partial charge >= 0.3 is 0 Å². The smallest absolute Gasteiger partial charge is 0.242 e. The second-order valence-corrected chi connectivity index (χ2v) is 11.1. The number of hydrogen-bond donors (Lipinski definition) is 1. The second kappa shape index (κ2) is 8.94. The van der Waals surface area contributed by atoms with E-state index in [0.717, 1.165) is 34.4 Å². The summed E-state index contributed by atoms with van der Waals surface area (Å²) in [7, 11) is 1.37. The fourth-order valence-electron chi connectivity index (χ4n) is 4.56. The summed E-state index contributed by atoms with van der Waals surface area (Å²) >= 11 is 0. The Morgan fingerprint density at radius 1 is 1.23 bits per heavy atom. The normalized spacial score (nSPS) is 14.7. The molecular formula is C25H28N6O3S. The van der Waals surface area contributed by atoms with Crippen molar-refractivity contribution in [1.29, 1.82) is 0 Å². The van der Waals surface area contributed by atoms with E-state index in [1.165, 1.54) is 24.0 Å². The van der Waals surface area contributed by atoms with Crippen LogP contribution >= 0.6 is 0 Å². The molecule has 0 spiro atoms. The topological polar surface area (TPSA) is 104 Å². The lowest BCUT2D eigenvalue weighted by molar-refractivity contribution is -0.130. The monoisotopic (exact) mass is 492 g/mol. The van der Waals surface area contributed by atoms with Gasteiger partial charge in [-0.2, -0.15) is 0 Å². The molecule has 5 rings (SSSR count). The zero-order valence-corrected chi connectivity index (χ0v) is 20.8. The van der Waals surface area contributed by atoms with Crippen LogP contribution in [0.3, 0.4) is 0 Å². The highest BCUT2D eigenvalue weighted by Crippen LogP contribution is 2.28. The Morgan fingerprint density at radius 3 is 2.80 bits per heavy atom. The number of nitrogens with zero attached hydrogens (tertiary/aromatic N) is 5. The molecule has 4 aromatic rings. The standard InChI is InChI=1S/C25H28N6O3S/c1-29(2)35(33,34)18-6-7-22-21(15-18)28-23(30(22)3)8-9-24(32)31-13-10-17(11-14-31)20-16-27-25-19(20)5-4-12-26-25/h4-7,10,12,15-16H,8-9,11,13-14H2,1-3H3,(H,26,27). The third kappa shape index (κ3) is 4.23. The van der Waals surface area contributed by atoms with Crippen LogP contribution in [0.2, 0.25) is 0 Å². The van der Waals surface area contributed by atoms with Gasteiger partial charge in [0.2, 0.25) is 15.9 Å². The van der Waals surface area contributed by atoms with Crippen molar-refractivity contribution in [3.05, 3.63) is 60.2 Å². The number of aromatic nitrogens is 4. The summed E-state index contributed by atoms with van der Waals surface area (Å²) < 4.78 is 28.0. The molecule has 1 N–H and O–H groups in total. The predicted molar refractivity (Wildman–Crippen MR) is 135 cm³/mol. The van der Waals surface area contributed by atoms with Crippen LogP contribution < -0.4 is 0 Å². The van der Waals surface area contributed by atoms with E-state index >= 15 is 0 Å². The number of rotatable bonds is 6. The van der Waals surface area contributed by atoms with Crippen LogP contribution in [-0.2, 0) is 28.3 Å². The van der Waals surface area contributed by atoms with Crippen molar-refractivity contribution >= 4 is 43.6 Å². The zero-order valence-electron chi connectivity index (χ0n) is 20.0. The average Bonchev–Trinajstić information content (AvgIpc) is 3.43. The number of carbonyl (C=O) groups excluding carboxylic acids is 1. The maximum atomic E-state index is 12.9. The number of nitrogens with one attached hydrogen (secondary N) is 1. The molecule has 0 saturated carbocycles. The average molecular weight is 493 g/mol. The Morgan fingerprint density at radius 2 is 2.06 bits per heavy atom. The van der Waals surface area contributed by atoms with Gasteiger partial charge in [0.1, 0.15) is 11.5 Å². The van der Waals surface area contributed by atoms with Gasteiger partial charge in [-0.25, -0.2) is 22.7 Å². The van der Waals surface area contributed by atoms with Gasteiger partial charge in [-0.15, -0.1) is 0 Å². The molecule has 3 aromatic heterocycles. The summed E-state index contributed by atoms with van der Waals surface area (Å²) in [5, 5.41) is 1.10. The highest BCUT2D eigenvalue weighted by Gasteiger charge is 2.22. The molecule has 1 aromatic carbocycles. The lowest BCUT2D eigenvalue weighted by Crippen LogP contribution is -2.34. The fraction of sp³-hybridized carbons (Fsp3) is 0.320. The summed E-state index contributed by atoms with van der Waals surface area (Å²) in [6, 6.07) is 8.94. The van der Waals surface area contributed by atoms with Crippen LogP contribution in [0.25, 0.3) is 27.6 Å². The lowest BCUT2D eigenvalue weighted by atomic mass is 9.99. The molecule has 35 heavy (non-hydrogen) atoms. The molecule has 1 amide bonds. The zero-order chi connectivity index (χ0) is 24.7. The van der Waals surface area contributed by atoms with E-state index in [-0.39, 0.29) is 10.8 Å². The van der Waals surface area contributed by atoms with Crippen molar-refractivity contribution in [2.75, 3.05) is 27.2 Å². The lowest BCUT2D eigenvalue weighted by Gasteiger charge is -2.26. The fourth-order valence-corrected chi connectivity index (χ4v) is 5.49. The maximum Gasteiger partial charge on any atom is 0.242 e. The number of aromatic amines is 1. The molecular weight excluding hydrogens is 464 g/mol. The predicted octanol–water partition coefficient (Wildman–Crippen LogP) is 2.95. The van der Waals surface area contributed by atoms with Gasteiger partial charge < -0.3 is 14.5 Å². The highest BCUT2D eigenvalue weighted by molar-refractivity contribution is 7.89. The van der Waals surface area contributed by atoms with E-state index in [1.54, 1.807) is 24.4 Å². The van der Waals surface area contributed by atoms with Gasteiger partial charge in [-0.05, 0) is 42.3 Å². The third-order valence-electron chi connectivity index (χ3n) is 6.64. The van der Waals surface area contributed by atoms with Crippen LogP contribution in [0.4, 0.5) is 0 Å². The minimum absolute atomic E-state index is 0.0869. The van der Waals surface area contributed by atoms with Gasteiger partial charge in [0, 0.05) is 70.4 Å². The van der Waals surface area contributed by atoms with E-state index in [4.69, 9.17) is 0 Å². The van der Waals surface area contributed by atoms with Gasteiger partial charge in [0.15, 0.2) is 0 Å². The Hall–Kier alpha value is -3.50. The number of benzene rings is 1. The number of fused-ring (bicyclic) bond motifs is 2. The van der Waals surface area contributed by atoms with Crippen molar-refractivity contribution in [1.82, 2.24) is 28.7 Å². The number of pyridine rings is 1. The number of hydrogen-bond acceptors (Lipinski definition) is 5. The Kier molecular flexibility index (Phi) is 5.94. The number of sulfonamides is 1. The van der Waals surface area contributed by atoms with Crippen molar-refractivity contribution in [3.63, 3.8) is 0 Å². The minimum Gasteiger partial charge on any atom is -0.346 e. The molecule has 9 nitrogen and oxygen atoms in total.